The van der Waals surface area contributed by atoms with E-state index in [-0.39, 0.29) is 11.7 Å². The van der Waals surface area contributed by atoms with Crippen molar-refractivity contribution in [3.05, 3.63) is 77.7 Å². The summed E-state index contributed by atoms with van der Waals surface area (Å²) in [7, 11) is 3.08. The number of pyridine rings is 1. The Balaban J connectivity index is 1.67. The fourth-order valence-electron chi connectivity index (χ4n) is 2.58. The molecule has 0 aliphatic heterocycles. The van der Waals surface area contributed by atoms with E-state index in [1.807, 2.05) is 0 Å². The van der Waals surface area contributed by atoms with Gasteiger partial charge in [0.1, 0.15) is 11.6 Å². The zero-order valence-corrected chi connectivity index (χ0v) is 15.5. The van der Waals surface area contributed by atoms with Crippen LogP contribution in [0.1, 0.15) is 15.9 Å². The number of carbonyl (C=O) groups excluding carboxylic acids is 1. The second-order valence-electron chi connectivity index (χ2n) is 5.93. The highest BCUT2D eigenvalue weighted by atomic mass is 19.1. The first-order valence-electron chi connectivity index (χ1n) is 8.57. The Labute approximate surface area is 162 Å². The van der Waals surface area contributed by atoms with Crippen molar-refractivity contribution in [1.82, 2.24) is 4.98 Å². The Hall–Kier alpha value is -3.61. The first-order chi connectivity index (χ1) is 13.6. The Morgan fingerprint density at radius 2 is 1.75 bits per heavy atom. The third-order valence-electron chi connectivity index (χ3n) is 4.05. The van der Waals surface area contributed by atoms with Gasteiger partial charge in [0.15, 0.2) is 11.5 Å². The van der Waals surface area contributed by atoms with Crippen LogP contribution >= 0.6 is 0 Å². The van der Waals surface area contributed by atoms with Gasteiger partial charge in [0.2, 0.25) is 0 Å². The molecule has 0 aliphatic rings. The van der Waals surface area contributed by atoms with Gasteiger partial charge in [-0.2, -0.15) is 0 Å². The number of benzene rings is 2. The maximum Gasteiger partial charge on any atom is 0.255 e. The molecule has 0 radical (unpaired) electrons. The number of methoxy groups -OCH3 is 2. The number of carbonyl (C=O) groups is 1. The minimum absolute atomic E-state index is 0.278. The molecule has 1 heterocycles. The maximum atomic E-state index is 13.0. The molecule has 0 spiro atoms. The fourth-order valence-corrected chi connectivity index (χ4v) is 2.58. The molecule has 6 nitrogen and oxygen atoms in total. The van der Waals surface area contributed by atoms with Gasteiger partial charge >= 0.3 is 0 Å². The van der Waals surface area contributed by atoms with Gasteiger partial charge in [0, 0.05) is 30.1 Å². The van der Waals surface area contributed by atoms with E-state index in [2.05, 4.69) is 15.6 Å². The van der Waals surface area contributed by atoms with E-state index in [1.165, 1.54) is 19.2 Å². The standard InChI is InChI=1S/C21H20FN3O3/c1-27-18-8-7-17(12-19(18)28-2)25-21(26)15-9-10-23-20(11-15)24-13-14-3-5-16(22)6-4-14/h3-12H,13H2,1-2H3,(H,23,24)(H,25,26). The topological polar surface area (TPSA) is 72.5 Å². The molecule has 2 aromatic carbocycles. The number of amides is 1. The van der Waals surface area contributed by atoms with Crippen LogP contribution in [-0.4, -0.2) is 25.1 Å². The number of hydrogen-bond acceptors (Lipinski definition) is 5. The minimum atomic E-state index is -0.282. The average Bonchev–Trinajstić information content (AvgIpc) is 2.73. The highest BCUT2D eigenvalue weighted by Crippen LogP contribution is 2.29. The summed E-state index contributed by atoms with van der Waals surface area (Å²) in [6.07, 6.45) is 1.55. The van der Waals surface area contributed by atoms with Crippen molar-refractivity contribution in [3.8, 4) is 11.5 Å². The zero-order valence-electron chi connectivity index (χ0n) is 15.5. The molecule has 0 bridgehead atoms. The van der Waals surface area contributed by atoms with Crippen LogP contribution in [0, 0.1) is 5.82 Å². The molecule has 0 saturated carbocycles. The van der Waals surface area contributed by atoms with E-state index in [1.54, 1.807) is 55.8 Å². The molecule has 0 aliphatic carbocycles. The molecule has 0 unspecified atom stereocenters. The van der Waals surface area contributed by atoms with E-state index >= 15 is 0 Å². The van der Waals surface area contributed by atoms with Gasteiger partial charge < -0.3 is 20.1 Å². The summed E-state index contributed by atoms with van der Waals surface area (Å²) in [5.41, 5.74) is 1.94. The molecule has 0 atom stereocenters. The lowest BCUT2D eigenvalue weighted by atomic mass is 10.2. The SMILES string of the molecule is COc1ccc(NC(=O)c2ccnc(NCc3ccc(F)cc3)c2)cc1OC. The van der Waals surface area contributed by atoms with Crippen LogP contribution in [0.5, 0.6) is 11.5 Å². The number of nitrogens with zero attached hydrogens (tertiary/aromatic N) is 1. The number of rotatable bonds is 7. The molecule has 3 aromatic rings. The van der Waals surface area contributed by atoms with Crippen LogP contribution in [0.3, 0.4) is 0 Å². The van der Waals surface area contributed by atoms with Gasteiger partial charge in [0.05, 0.1) is 14.2 Å². The van der Waals surface area contributed by atoms with Gasteiger partial charge in [-0.25, -0.2) is 9.37 Å². The summed E-state index contributed by atoms with van der Waals surface area (Å²) < 4.78 is 23.4. The third-order valence-corrected chi connectivity index (χ3v) is 4.05. The summed E-state index contributed by atoms with van der Waals surface area (Å²) in [5, 5.41) is 5.94. The van der Waals surface area contributed by atoms with Crippen LogP contribution in [0.4, 0.5) is 15.9 Å². The Morgan fingerprint density at radius 1 is 1.00 bits per heavy atom. The Bertz CT molecular complexity index is 961. The lowest BCUT2D eigenvalue weighted by Crippen LogP contribution is -2.13. The second-order valence-corrected chi connectivity index (χ2v) is 5.93. The molecule has 28 heavy (non-hydrogen) atoms. The summed E-state index contributed by atoms with van der Waals surface area (Å²) in [4.78, 5) is 16.8. The molecule has 0 fully saturated rings. The average molecular weight is 381 g/mol. The predicted molar refractivity (Wildman–Crippen MR) is 105 cm³/mol. The Kier molecular flexibility index (Phi) is 6.06. The number of anilines is 2. The van der Waals surface area contributed by atoms with Gasteiger partial charge in [0.25, 0.3) is 5.91 Å². The van der Waals surface area contributed by atoms with Crippen molar-refractivity contribution in [2.45, 2.75) is 6.54 Å². The van der Waals surface area contributed by atoms with Gasteiger partial charge in [-0.05, 0) is 42.0 Å². The van der Waals surface area contributed by atoms with Gasteiger partial charge in [-0.1, -0.05) is 12.1 Å². The first-order valence-corrected chi connectivity index (χ1v) is 8.57. The van der Waals surface area contributed by atoms with Crippen LogP contribution in [0.2, 0.25) is 0 Å². The summed E-state index contributed by atoms with van der Waals surface area (Å²) in [6, 6.07) is 14.6. The molecular weight excluding hydrogens is 361 g/mol. The molecule has 0 saturated heterocycles. The van der Waals surface area contributed by atoms with Crippen molar-refractivity contribution < 1.29 is 18.7 Å². The molecule has 3 rings (SSSR count). The zero-order chi connectivity index (χ0) is 19.9. The van der Waals surface area contributed by atoms with Crippen LogP contribution in [-0.2, 0) is 6.54 Å². The maximum absolute atomic E-state index is 13.0. The van der Waals surface area contributed by atoms with Gasteiger partial charge in [-0.15, -0.1) is 0 Å². The molecule has 2 N–H and O–H groups in total. The van der Waals surface area contributed by atoms with E-state index in [0.717, 1.165) is 5.56 Å². The third kappa shape index (κ3) is 4.76. The highest BCUT2D eigenvalue weighted by Gasteiger charge is 2.10. The number of halogens is 1. The molecule has 7 heteroatoms. The molecule has 1 aromatic heterocycles. The quantitative estimate of drug-likeness (QED) is 0.645. The summed E-state index contributed by atoms with van der Waals surface area (Å²) in [5.74, 6) is 1.09. The minimum Gasteiger partial charge on any atom is -0.493 e. The van der Waals surface area contributed by atoms with Crippen LogP contribution < -0.4 is 20.1 Å². The molecule has 1 amide bonds. The largest absolute Gasteiger partial charge is 0.493 e. The Morgan fingerprint density at radius 3 is 2.46 bits per heavy atom. The normalized spacial score (nSPS) is 10.2. The lowest BCUT2D eigenvalue weighted by Gasteiger charge is -2.11. The first kappa shape index (κ1) is 19.2. The monoisotopic (exact) mass is 381 g/mol. The summed E-state index contributed by atoms with van der Waals surface area (Å²) >= 11 is 0. The second kappa shape index (κ2) is 8.85. The molecular formula is C21H20FN3O3. The summed E-state index contributed by atoms with van der Waals surface area (Å²) in [6.45, 7) is 0.466. The van der Waals surface area contributed by atoms with Crippen LogP contribution in [0.25, 0.3) is 0 Å². The van der Waals surface area contributed by atoms with Crippen molar-refractivity contribution in [1.29, 1.82) is 0 Å². The van der Waals surface area contributed by atoms with E-state index in [9.17, 15) is 9.18 Å². The van der Waals surface area contributed by atoms with Crippen molar-refractivity contribution in [2.24, 2.45) is 0 Å². The smallest absolute Gasteiger partial charge is 0.255 e. The number of ether oxygens (including phenoxy) is 2. The van der Waals surface area contributed by atoms with Crippen molar-refractivity contribution >= 4 is 17.4 Å². The molecule has 144 valence electrons. The van der Waals surface area contributed by atoms with E-state index < -0.39 is 0 Å². The highest BCUT2D eigenvalue weighted by molar-refractivity contribution is 6.04. The number of hydrogen-bond donors (Lipinski definition) is 2. The fraction of sp³-hybridized carbons (Fsp3) is 0.143. The predicted octanol–water partition coefficient (Wildman–Crippen LogP) is 4.10. The van der Waals surface area contributed by atoms with Crippen LogP contribution in [0.15, 0.2) is 60.8 Å². The van der Waals surface area contributed by atoms with Crippen molar-refractivity contribution in [3.63, 3.8) is 0 Å². The number of nitrogens with one attached hydrogen (secondary N) is 2. The van der Waals surface area contributed by atoms with E-state index in [0.29, 0.717) is 35.1 Å². The van der Waals surface area contributed by atoms with E-state index in [4.69, 9.17) is 9.47 Å². The van der Waals surface area contributed by atoms with Gasteiger partial charge in [-0.3, -0.25) is 4.79 Å². The van der Waals surface area contributed by atoms with Crippen molar-refractivity contribution in [2.75, 3.05) is 24.9 Å². The lowest BCUT2D eigenvalue weighted by molar-refractivity contribution is 0.102. The number of aromatic nitrogens is 1.